The predicted molar refractivity (Wildman–Crippen MR) is 113 cm³/mol. The van der Waals surface area contributed by atoms with E-state index in [4.69, 9.17) is 35.4 Å². The summed E-state index contributed by atoms with van der Waals surface area (Å²) in [6.07, 6.45) is 2.56. The summed E-state index contributed by atoms with van der Waals surface area (Å²) in [4.78, 5) is 0. The molecule has 3 rings (SSSR count). The van der Waals surface area contributed by atoms with Gasteiger partial charge in [-0.3, -0.25) is 4.68 Å². The topological polar surface area (TPSA) is 41.9 Å². The SMILES string of the molecule is CCc1ccc(NC(=S)Nc2nn(Cc3c(F)cccc3Cl)cc2Cl)cc1. The molecule has 0 atom stereocenters. The summed E-state index contributed by atoms with van der Waals surface area (Å²) in [6, 6.07) is 12.5. The summed E-state index contributed by atoms with van der Waals surface area (Å²) in [5, 5.41) is 11.4. The van der Waals surface area contributed by atoms with Gasteiger partial charge >= 0.3 is 0 Å². The Kier molecular flexibility index (Phi) is 6.31. The zero-order valence-electron chi connectivity index (χ0n) is 14.5. The number of rotatable bonds is 5. The maximum atomic E-state index is 13.9. The molecule has 0 unspecified atom stereocenters. The number of nitrogens with one attached hydrogen (secondary N) is 2. The summed E-state index contributed by atoms with van der Waals surface area (Å²) in [6.45, 7) is 2.26. The van der Waals surface area contributed by atoms with E-state index in [0.717, 1.165) is 12.1 Å². The predicted octanol–water partition coefficient (Wildman–Crippen LogP) is 5.75. The van der Waals surface area contributed by atoms with E-state index in [-0.39, 0.29) is 6.54 Å². The van der Waals surface area contributed by atoms with Gasteiger partial charge in [0.1, 0.15) is 10.8 Å². The van der Waals surface area contributed by atoms with Gasteiger partial charge in [0.15, 0.2) is 10.9 Å². The first kappa shape index (κ1) is 19.6. The second-order valence-corrected chi connectivity index (χ2v) is 7.08. The third-order valence-corrected chi connectivity index (χ3v) is 4.79. The average molecular weight is 423 g/mol. The van der Waals surface area contributed by atoms with E-state index < -0.39 is 5.82 Å². The fraction of sp³-hybridized carbons (Fsp3) is 0.158. The van der Waals surface area contributed by atoms with Crippen molar-refractivity contribution in [2.24, 2.45) is 0 Å². The molecular formula is C19H17Cl2FN4S. The molecular weight excluding hydrogens is 406 g/mol. The molecule has 8 heteroatoms. The molecule has 0 aliphatic carbocycles. The highest BCUT2D eigenvalue weighted by Gasteiger charge is 2.12. The maximum absolute atomic E-state index is 13.9. The van der Waals surface area contributed by atoms with Crippen molar-refractivity contribution >= 4 is 52.0 Å². The first-order valence-corrected chi connectivity index (χ1v) is 9.45. The van der Waals surface area contributed by atoms with Crippen LogP contribution in [-0.4, -0.2) is 14.9 Å². The lowest BCUT2D eigenvalue weighted by molar-refractivity contribution is 0.586. The molecule has 2 N–H and O–H groups in total. The van der Waals surface area contributed by atoms with Gasteiger partial charge < -0.3 is 10.6 Å². The van der Waals surface area contributed by atoms with E-state index in [1.54, 1.807) is 18.3 Å². The van der Waals surface area contributed by atoms with E-state index in [0.29, 0.717) is 26.5 Å². The molecule has 0 bridgehead atoms. The van der Waals surface area contributed by atoms with Crippen molar-refractivity contribution in [3.63, 3.8) is 0 Å². The van der Waals surface area contributed by atoms with Gasteiger partial charge in [0, 0.05) is 22.5 Å². The third-order valence-electron chi connectivity index (χ3n) is 3.95. The van der Waals surface area contributed by atoms with Crippen LogP contribution in [0.1, 0.15) is 18.1 Å². The molecule has 3 aromatic rings. The smallest absolute Gasteiger partial charge is 0.176 e. The number of anilines is 2. The number of benzene rings is 2. The Morgan fingerprint density at radius 2 is 1.85 bits per heavy atom. The van der Waals surface area contributed by atoms with Crippen LogP contribution in [0.5, 0.6) is 0 Å². The van der Waals surface area contributed by atoms with Crippen molar-refractivity contribution in [1.29, 1.82) is 0 Å². The van der Waals surface area contributed by atoms with Crippen molar-refractivity contribution in [3.05, 3.63) is 75.7 Å². The second-order valence-electron chi connectivity index (χ2n) is 5.85. The van der Waals surface area contributed by atoms with Gasteiger partial charge in [-0.2, -0.15) is 5.10 Å². The number of aromatic nitrogens is 2. The Labute approximate surface area is 172 Å². The zero-order chi connectivity index (χ0) is 19.4. The molecule has 0 aliphatic rings. The molecule has 0 saturated carbocycles. The van der Waals surface area contributed by atoms with Crippen molar-refractivity contribution in [3.8, 4) is 0 Å². The highest BCUT2D eigenvalue weighted by atomic mass is 35.5. The van der Waals surface area contributed by atoms with Gasteiger partial charge in [-0.15, -0.1) is 0 Å². The van der Waals surface area contributed by atoms with Crippen molar-refractivity contribution in [1.82, 2.24) is 9.78 Å². The van der Waals surface area contributed by atoms with Gasteiger partial charge in [-0.25, -0.2) is 4.39 Å². The van der Waals surface area contributed by atoms with Gasteiger partial charge in [0.2, 0.25) is 0 Å². The summed E-state index contributed by atoms with van der Waals surface area (Å²) >= 11 is 17.6. The van der Waals surface area contributed by atoms with E-state index in [1.807, 2.05) is 24.3 Å². The molecule has 0 aliphatic heterocycles. The van der Waals surface area contributed by atoms with Gasteiger partial charge in [-0.05, 0) is 48.5 Å². The Morgan fingerprint density at radius 3 is 2.52 bits per heavy atom. The van der Waals surface area contributed by atoms with E-state index in [9.17, 15) is 4.39 Å². The first-order valence-electron chi connectivity index (χ1n) is 8.29. The largest absolute Gasteiger partial charge is 0.332 e. The minimum absolute atomic E-state index is 0.158. The zero-order valence-corrected chi connectivity index (χ0v) is 16.8. The molecule has 1 aromatic heterocycles. The van der Waals surface area contributed by atoms with E-state index in [2.05, 4.69) is 22.7 Å². The van der Waals surface area contributed by atoms with Crippen LogP contribution >= 0.6 is 35.4 Å². The van der Waals surface area contributed by atoms with Crippen LogP contribution in [0.4, 0.5) is 15.9 Å². The van der Waals surface area contributed by atoms with Crippen LogP contribution in [0.15, 0.2) is 48.7 Å². The molecule has 0 fully saturated rings. The fourth-order valence-corrected chi connectivity index (χ4v) is 3.14. The Hall–Kier alpha value is -2.15. The molecule has 140 valence electrons. The number of hydrogen-bond donors (Lipinski definition) is 2. The number of halogens is 3. The summed E-state index contributed by atoms with van der Waals surface area (Å²) in [5.41, 5.74) is 2.45. The second kappa shape index (κ2) is 8.69. The van der Waals surface area contributed by atoms with Crippen molar-refractivity contribution < 1.29 is 4.39 Å². The van der Waals surface area contributed by atoms with Crippen molar-refractivity contribution in [2.75, 3.05) is 10.6 Å². The van der Waals surface area contributed by atoms with Crippen LogP contribution in [0.25, 0.3) is 0 Å². The molecule has 27 heavy (non-hydrogen) atoms. The molecule has 0 spiro atoms. The minimum atomic E-state index is -0.392. The number of aryl methyl sites for hydroxylation is 1. The number of thiocarbonyl (C=S) groups is 1. The fourth-order valence-electron chi connectivity index (χ4n) is 2.50. The molecule has 4 nitrogen and oxygen atoms in total. The normalized spacial score (nSPS) is 10.7. The molecule has 0 amide bonds. The standard InChI is InChI=1S/C19H17Cl2FN4S/c1-2-12-6-8-13(9-7-12)23-19(27)24-18-16(21)11-26(25-18)10-14-15(20)4-3-5-17(14)22/h3-9,11H,2,10H2,1H3,(H2,23,24,25,27). The average Bonchev–Trinajstić information content (AvgIpc) is 2.98. The van der Waals surface area contributed by atoms with Crippen LogP contribution in [0.3, 0.4) is 0 Å². The lowest BCUT2D eigenvalue weighted by Gasteiger charge is -2.09. The lowest BCUT2D eigenvalue weighted by atomic mass is 10.1. The van der Waals surface area contributed by atoms with Crippen LogP contribution in [0, 0.1) is 5.82 Å². The minimum Gasteiger partial charge on any atom is -0.332 e. The summed E-state index contributed by atoms with van der Waals surface area (Å²) in [7, 11) is 0. The Balaban J connectivity index is 1.68. The molecule has 0 saturated heterocycles. The maximum Gasteiger partial charge on any atom is 0.176 e. The highest BCUT2D eigenvalue weighted by Crippen LogP contribution is 2.24. The van der Waals surface area contributed by atoms with Crippen LogP contribution < -0.4 is 10.6 Å². The summed E-state index contributed by atoms with van der Waals surface area (Å²) in [5.74, 6) is -0.0110. The first-order chi connectivity index (χ1) is 13.0. The van der Waals surface area contributed by atoms with Crippen LogP contribution in [0.2, 0.25) is 10.0 Å². The van der Waals surface area contributed by atoms with E-state index >= 15 is 0 Å². The number of nitrogens with zero attached hydrogens (tertiary/aromatic N) is 2. The quantitative estimate of drug-likeness (QED) is 0.513. The molecule has 0 radical (unpaired) electrons. The van der Waals surface area contributed by atoms with Gasteiger partial charge in [0.25, 0.3) is 0 Å². The Bertz CT molecular complexity index is 937. The Morgan fingerprint density at radius 1 is 1.11 bits per heavy atom. The van der Waals surface area contributed by atoms with Gasteiger partial charge in [0.05, 0.1) is 6.54 Å². The van der Waals surface area contributed by atoms with E-state index in [1.165, 1.54) is 16.3 Å². The summed E-state index contributed by atoms with van der Waals surface area (Å²) < 4.78 is 15.5. The van der Waals surface area contributed by atoms with Gasteiger partial charge in [-0.1, -0.05) is 48.3 Å². The number of hydrogen-bond acceptors (Lipinski definition) is 2. The lowest BCUT2D eigenvalue weighted by Crippen LogP contribution is -2.19. The molecule has 1 heterocycles. The van der Waals surface area contributed by atoms with Crippen molar-refractivity contribution in [2.45, 2.75) is 19.9 Å². The van der Waals surface area contributed by atoms with Crippen LogP contribution in [-0.2, 0) is 13.0 Å². The molecule has 2 aromatic carbocycles. The monoisotopic (exact) mass is 422 g/mol. The third kappa shape index (κ3) is 4.97. The highest BCUT2D eigenvalue weighted by molar-refractivity contribution is 7.80.